The minimum atomic E-state index is 0.258. The zero-order valence-electron chi connectivity index (χ0n) is 8.72. The summed E-state index contributed by atoms with van der Waals surface area (Å²) in [6, 6.07) is 10.9. The molecular formula is C12H8BrNO3. The molecular weight excluding hydrogens is 286 g/mol. The third-order valence-corrected chi connectivity index (χ3v) is 2.70. The summed E-state index contributed by atoms with van der Waals surface area (Å²) in [4.78, 5) is 4.18. The van der Waals surface area contributed by atoms with E-state index in [0.717, 1.165) is 10.4 Å². The van der Waals surface area contributed by atoms with Crippen LogP contribution in [-0.2, 0) is 0 Å². The van der Waals surface area contributed by atoms with E-state index in [1.54, 1.807) is 12.1 Å². The third kappa shape index (κ3) is 2.19. The molecule has 4 nitrogen and oxygen atoms in total. The second-order valence-corrected chi connectivity index (χ2v) is 4.23. The van der Waals surface area contributed by atoms with Gasteiger partial charge in [-0.3, -0.25) is 0 Å². The molecule has 2 heterocycles. The van der Waals surface area contributed by atoms with Crippen LogP contribution in [0.25, 0.3) is 0 Å². The van der Waals surface area contributed by atoms with Crippen LogP contribution in [0.4, 0.5) is 0 Å². The maximum atomic E-state index is 5.61. The standard InChI is InChI=1S/C12H8BrNO3/c13-11-2-1-3-12(14-11)17-8-4-5-9-10(6-8)16-7-15-9/h1-6H,7H2. The van der Waals surface area contributed by atoms with Gasteiger partial charge in [-0.1, -0.05) is 6.07 Å². The van der Waals surface area contributed by atoms with Crippen LogP contribution in [0.2, 0.25) is 0 Å². The van der Waals surface area contributed by atoms with Gasteiger partial charge in [0, 0.05) is 12.1 Å². The zero-order valence-corrected chi connectivity index (χ0v) is 10.3. The van der Waals surface area contributed by atoms with Crippen molar-refractivity contribution in [3.8, 4) is 23.1 Å². The lowest BCUT2D eigenvalue weighted by Crippen LogP contribution is -1.92. The number of aromatic nitrogens is 1. The van der Waals surface area contributed by atoms with Gasteiger partial charge >= 0.3 is 0 Å². The van der Waals surface area contributed by atoms with E-state index in [9.17, 15) is 0 Å². The van der Waals surface area contributed by atoms with E-state index in [2.05, 4.69) is 20.9 Å². The lowest BCUT2D eigenvalue weighted by Gasteiger charge is -2.05. The highest BCUT2D eigenvalue weighted by atomic mass is 79.9. The number of fused-ring (bicyclic) bond motifs is 1. The fraction of sp³-hybridized carbons (Fsp3) is 0.0833. The van der Waals surface area contributed by atoms with Gasteiger partial charge in [0.05, 0.1) is 0 Å². The first-order valence-corrected chi connectivity index (χ1v) is 5.81. The van der Waals surface area contributed by atoms with Crippen molar-refractivity contribution in [2.24, 2.45) is 0 Å². The van der Waals surface area contributed by atoms with Gasteiger partial charge in [0.2, 0.25) is 12.7 Å². The smallest absolute Gasteiger partial charge is 0.231 e. The molecule has 0 atom stereocenters. The summed E-state index contributed by atoms with van der Waals surface area (Å²) in [6.07, 6.45) is 0. The van der Waals surface area contributed by atoms with Crippen molar-refractivity contribution in [1.29, 1.82) is 0 Å². The van der Waals surface area contributed by atoms with Crippen LogP contribution in [0.15, 0.2) is 41.0 Å². The summed E-state index contributed by atoms with van der Waals surface area (Å²) in [5.74, 6) is 2.62. The Labute approximate surface area is 106 Å². The summed E-state index contributed by atoms with van der Waals surface area (Å²) < 4.78 is 16.8. The molecule has 0 spiro atoms. The van der Waals surface area contributed by atoms with E-state index < -0.39 is 0 Å². The highest BCUT2D eigenvalue weighted by Crippen LogP contribution is 2.36. The first-order chi connectivity index (χ1) is 8.31. The molecule has 0 unspecified atom stereocenters. The Kier molecular flexibility index (Phi) is 2.60. The van der Waals surface area contributed by atoms with Crippen LogP contribution in [0.3, 0.4) is 0 Å². The average Bonchev–Trinajstić information content (AvgIpc) is 2.76. The van der Waals surface area contributed by atoms with Crippen LogP contribution in [0.5, 0.6) is 23.1 Å². The first-order valence-electron chi connectivity index (χ1n) is 5.01. The fourth-order valence-electron chi connectivity index (χ4n) is 1.51. The summed E-state index contributed by atoms with van der Waals surface area (Å²) in [5.41, 5.74) is 0. The van der Waals surface area contributed by atoms with Crippen molar-refractivity contribution in [2.75, 3.05) is 6.79 Å². The van der Waals surface area contributed by atoms with E-state index in [0.29, 0.717) is 17.4 Å². The second-order valence-electron chi connectivity index (χ2n) is 3.42. The van der Waals surface area contributed by atoms with Crippen LogP contribution >= 0.6 is 15.9 Å². The highest BCUT2D eigenvalue weighted by Gasteiger charge is 2.14. The third-order valence-electron chi connectivity index (χ3n) is 2.26. The Morgan fingerprint density at radius 3 is 2.88 bits per heavy atom. The van der Waals surface area contributed by atoms with Crippen molar-refractivity contribution in [1.82, 2.24) is 4.98 Å². The number of rotatable bonds is 2. The molecule has 17 heavy (non-hydrogen) atoms. The molecule has 0 saturated carbocycles. The van der Waals surface area contributed by atoms with Gasteiger partial charge in [0.15, 0.2) is 11.5 Å². The van der Waals surface area contributed by atoms with Crippen molar-refractivity contribution < 1.29 is 14.2 Å². The van der Waals surface area contributed by atoms with Crippen molar-refractivity contribution in [3.63, 3.8) is 0 Å². The molecule has 1 aromatic carbocycles. The number of halogens is 1. The number of benzene rings is 1. The first kappa shape index (κ1) is 10.4. The summed E-state index contributed by atoms with van der Waals surface area (Å²) in [7, 11) is 0. The van der Waals surface area contributed by atoms with Crippen molar-refractivity contribution >= 4 is 15.9 Å². The minimum absolute atomic E-state index is 0.258. The van der Waals surface area contributed by atoms with E-state index in [1.807, 2.05) is 24.3 Å². The molecule has 0 bridgehead atoms. The van der Waals surface area contributed by atoms with Crippen LogP contribution in [0, 0.1) is 0 Å². The molecule has 0 N–H and O–H groups in total. The summed E-state index contributed by atoms with van der Waals surface area (Å²) in [5, 5.41) is 0. The summed E-state index contributed by atoms with van der Waals surface area (Å²) in [6.45, 7) is 0.258. The molecule has 0 saturated heterocycles. The van der Waals surface area contributed by atoms with E-state index in [4.69, 9.17) is 14.2 Å². The molecule has 0 aliphatic carbocycles. The van der Waals surface area contributed by atoms with Gasteiger partial charge in [-0.2, -0.15) is 0 Å². The van der Waals surface area contributed by atoms with E-state index in [1.165, 1.54) is 0 Å². The zero-order chi connectivity index (χ0) is 11.7. The van der Waals surface area contributed by atoms with Gasteiger partial charge in [-0.15, -0.1) is 0 Å². The molecule has 0 fully saturated rings. The quantitative estimate of drug-likeness (QED) is 0.796. The van der Waals surface area contributed by atoms with Gasteiger partial charge in [0.1, 0.15) is 10.4 Å². The monoisotopic (exact) mass is 293 g/mol. The Balaban J connectivity index is 1.86. The highest BCUT2D eigenvalue weighted by molar-refractivity contribution is 9.10. The normalized spacial score (nSPS) is 12.5. The number of ether oxygens (including phenoxy) is 3. The Morgan fingerprint density at radius 2 is 2.00 bits per heavy atom. The molecule has 1 aliphatic rings. The van der Waals surface area contributed by atoms with Gasteiger partial charge < -0.3 is 14.2 Å². The molecule has 0 radical (unpaired) electrons. The van der Waals surface area contributed by atoms with E-state index >= 15 is 0 Å². The molecule has 5 heteroatoms. The molecule has 3 rings (SSSR count). The Bertz CT molecular complexity index is 559. The Hall–Kier alpha value is -1.75. The molecule has 1 aliphatic heterocycles. The minimum Gasteiger partial charge on any atom is -0.454 e. The summed E-state index contributed by atoms with van der Waals surface area (Å²) >= 11 is 3.29. The van der Waals surface area contributed by atoms with Crippen LogP contribution < -0.4 is 14.2 Å². The molecule has 2 aromatic rings. The van der Waals surface area contributed by atoms with Crippen molar-refractivity contribution in [3.05, 3.63) is 41.0 Å². The molecule has 1 aromatic heterocycles. The maximum Gasteiger partial charge on any atom is 0.231 e. The van der Waals surface area contributed by atoms with Crippen LogP contribution in [-0.4, -0.2) is 11.8 Å². The molecule has 86 valence electrons. The largest absolute Gasteiger partial charge is 0.454 e. The number of nitrogens with zero attached hydrogens (tertiary/aromatic N) is 1. The van der Waals surface area contributed by atoms with Gasteiger partial charge in [0.25, 0.3) is 0 Å². The van der Waals surface area contributed by atoms with Crippen molar-refractivity contribution in [2.45, 2.75) is 0 Å². The topological polar surface area (TPSA) is 40.6 Å². The lowest BCUT2D eigenvalue weighted by atomic mass is 10.3. The van der Waals surface area contributed by atoms with Crippen LogP contribution in [0.1, 0.15) is 0 Å². The fourth-order valence-corrected chi connectivity index (χ4v) is 1.83. The average molecular weight is 294 g/mol. The Morgan fingerprint density at radius 1 is 1.12 bits per heavy atom. The maximum absolute atomic E-state index is 5.61. The number of pyridine rings is 1. The SMILES string of the molecule is Brc1cccc(Oc2ccc3c(c2)OCO3)n1. The number of hydrogen-bond acceptors (Lipinski definition) is 4. The van der Waals surface area contributed by atoms with Gasteiger partial charge in [-0.25, -0.2) is 4.98 Å². The predicted octanol–water partition coefficient (Wildman–Crippen LogP) is 3.37. The second kappa shape index (κ2) is 4.25. The molecule has 0 amide bonds. The number of hydrogen-bond donors (Lipinski definition) is 0. The predicted molar refractivity (Wildman–Crippen MR) is 64.6 cm³/mol. The van der Waals surface area contributed by atoms with E-state index in [-0.39, 0.29) is 6.79 Å². The lowest BCUT2D eigenvalue weighted by molar-refractivity contribution is 0.174. The van der Waals surface area contributed by atoms with Gasteiger partial charge in [-0.05, 0) is 34.1 Å².